The highest BCUT2D eigenvalue weighted by Gasteiger charge is 2.77. The van der Waals surface area contributed by atoms with Crippen LogP contribution in [0.4, 0.5) is 0 Å². The van der Waals surface area contributed by atoms with Gasteiger partial charge >= 0.3 is 5.97 Å². The molecule has 1 spiro atoms. The zero-order valence-corrected chi connectivity index (χ0v) is 21.8. The molecule has 0 aromatic heterocycles. The van der Waals surface area contributed by atoms with E-state index in [0.717, 1.165) is 38.5 Å². The highest BCUT2D eigenvalue weighted by molar-refractivity contribution is 5.77. The van der Waals surface area contributed by atoms with Crippen LogP contribution in [0.15, 0.2) is 11.6 Å². The third kappa shape index (κ3) is 2.54. The number of rotatable bonds is 1. The van der Waals surface area contributed by atoms with Crippen LogP contribution >= 0.6 is 0 Å². The summed E-state index contributed by atoms with van der Waals surface area (Å²) in [5, 5.41) is 21.4. The summed E-state index contributed by atoms with van der Waals surface area (Å²) in [4.78, 5) is 12.8. The van der Waals surface area contributed by atoms with Crippen molar-refractivity contribution in [3.8, 4) is 0 Å². The molecule has 0 aromatic carbocycles. The topological polar surface area (TPSA) is 57.5 Å². The molecule has 6 aliphatic carbocycles. The third-order valence-electron chi connectivity index (χ3n) is 13.2. The summed E-state index contributed by atoms with van der Waals surface area (Å²) in [7, 11) is 0. The Morgan fingerprint density at radius 3 is 2.33 bits per heavy atom. The lowest BCUT2D eigenvalue weighted by molar-refractivity contribution is -0.181. The van der Waals surface area contributed by atoms with E-state index in [-0.39, 0.29) is 33.2 Å². The Balaban J connectivity index is 1.44. The molecule has 6 rings (SSSR count). The number of hydrogen-bond donors (Lipinski definition) is 2. The van der Waals surface area contributed by atoms with Crippen LogP contribution in [0.25, 0.3) is 0 Å². The molecule has 3 nitrogen and oxygen atoms in total. The molecule has 5 fully saturated rings. The Bertz CT molecular complexity index is 931. The van der Waals surface area contributed by atoms with Gasteiger partial charge in [-0.1, -0.05) is 53.2 Å². The smallest absolute Gasteiger partial charge is 0.310 e. The summed E-state index contributed by atoms with van der Waals surface area (Å²) >= 11 is 0. The molecule has 0 aliphatic heterocycles. The van der Waals surface area contributed by atoms with Gasteiger partial charge in [0.15, 0.2) is 0 Å². The Kier molecular flexibility index (Phi) is 4.31. The molecule has 2 N–H and O–H groups in total. The molecular weight excluding hydrogens is 408 g/mol. The zero-order valence-electron chi connectivity index (χ0n) is 21.8. The van der Waals surface area contributed by atoms with Gasteiger partial charge in [0.2, 0.25) is 0 Å². The van der Waals surface area contributed by atoms with Gasteiger partial charge in [0.1, 0.15) is 0 Å². The van der Waals surface area contributed by atoms with Crippen molar-refractivity contribution in [3.05, 3.63) is 11.6 Å². The predicted octanol–water partition coefficient (Wildman–Crippen LogP) is 6.84. The van der Waals surface area contributed by atoms with Crippen molar-refractivity contribution in [3.63, 3.8) is 0 Å². The van der Waals surface area contributed by atoms with Crippen LogP contribution in [0.2, 0.25) is 0 Å². The van der Waals surface area contributed by atoms with Crippen LogP contribution in [0.1, 0.15) is 106 Å². The summed E-state index contributed by atoms with van der Waals surface area (Å²) in [6.07, 6.45) is 13.0. The molecule has 0 aromatic rings. The molecule has 0 heterocycles. The number of allylic oxidation sites excluding steroid dienone is 2. The van der Waals surface area contributed by atoms with Gasteiger partial charge in [0.05, 0.1) is 11.5 Å². The van der Waals surface area contributed by atoms with Gasteiger partial charge in [0, 0.05) is 0 Å². The third-order valence-corrected chi connectivity index (χ3v) is 13.2. The van der Waals surface area contributed by atoms with Gasteiger partial charge in [-0.05, 0) is 115 Å². The van der Waals surface area contributed by atoms with Gasteiger partial charge in [-0.25, -0.2) is 0 Å². The van der Waals surface area contributed by atoms with Crippen LogP contribution in [-0.2, 0) is 4.79 Å². The van der Waals surface area contributed by atoms with E-state index in [0.29, 0.717) is 23.7 Å². The van der Waals surface area contributed by atoms with E-state index in [4.69, 9.17) is 0 Å². The number of aliphatic hydroxyl groups excluding tert-OH is 1. The fourth-order valence-electron chi connectivity index (χ4n) is 11.4. The number of aliphatic carboxylic acids is 1. The lowest BCUT2D eigenvalue weighted by Gasteiger charge is -2.68. The van der Waals surface area contributed by atoms with Crippen molar-refractivity contribution in [2.45, 2.75) is 112 Å². The summed E-state index contributed by atoms with van der Waals surface area (Å²) < 4.78 is 0. The maximum Gasteiger partial charge on any atom is 0.310 e. The first kappa shape index (κ1) is 22.6. The SMILES string of the molecule is CC1(C)CC[C@]2(C(=O)O)CC=C3[C@]4(C[C@H]4C[C@@H]4[C@@]5(C)CC[C@H](O)C(C)(C)[C@@H]5CC[C@@]34C)[C@@H]2C1. The van der Waals surface area contributed by atoms with Crippen LogP contribution < -0.4 is 0 Å². The molecule has 0 bridgehead atoms. The van der Waals surface area contributed by atoms with Crippen LogP contribution in [-0.4, -0.2) is 22.3 Å². The molecule has 6 aliphatic rings. The molecule has 3 heteroatoms. The van der Waals surface area contributed by atoms with Crippen molar-refractivity contribution < 1.29 is 15.0 Å². The fraction of sp³-hybridized carbons (Fsp3) is 0.900. The Morgan fingerprint density at radius 2 is 1.64 bits per heavy atom. The first-order valence-electron chi connectivity index (χ1n) is 13.9. The number of carbonyl (C=O) groups is 1. The summed E-state index contributed by atoms with van der Waals surface area (Å²) in [5.41, 5.74) is 2.03. The predicted molar refractivity (Wildman–Crippen MR) is 130 cm³/mol. The van der Waals surface area contributed by atoms with E-state index >= 15 is 0 Å². The molecule has 184 valence electrons. The second kappa shape index (κ2) is 6.29. The monoisotopic (exact) mass is 454 g/mol. The van der Waals surface area contributed by atoms with Crippen LogP contribution in [0, 0.1) is 56.2 Å². The molecule has 9 atom stereocenters. The van der Waals surface area contributed by atoms with Gasteiger partial charge in [0.25, 0.3) is 0 Å². The number of carboxylic acid groups (broad SMARTS) is 1. The molecule has 0 radical (unpaired) electrons. The average molecular weight is 455 g/mol. The fourth-order valence-corrected chi connectivity index (χ4v) is 11.4. The summed E-state index contributed by atoms with van der Waals surface area (Å²) in [5.74, 6) is 1.70. The van der Waals surface area contributed by atoms with Crippen molar-refractivity contribution in [2.24, 2.45) is 56.2 Å². The normalized spacial score (nSPS) is 55.6. The summed E-state index contributed by atoms with van der Waals surface area (Å²) in [6, 6.07) is 0. The average Bonchev–Trinajstić information content (AvgIpc) is 3.44. The Morgan fingerprint density at radius 1 is 0.909 bits per heavy atom. The van der Waals surface area contributed by atoms with E-state index in [9.17, 15) is 15.0 Å². The van der Waals surface area contributed by atoms with E-state index in [1.54, 1.807) is 5.57 Å². The van der Waals surface area contributed by atoms with Gasteiger partial charge in [-0.2, -0.15) is 0 Å². The van der Waals surface area contributed by atoms with Crippen LogP contribution in [0.5, 0.6) is 0 Å². The van der Waals surface area contributed by atoms with Crippen molar-refractivity contribution in [2.75, 3.05) is 0 Å². The first-order valence-corrected chi connectivity index (χ1v) is 13.9. The largest absolute Gasteiger partial charge is 0.481 e. The standard InChI is InChI=1S/C30H46O3/c1-25(2)13-14-29(24(32)33)12-8-20-28(6)10-7-19-26(3,4)23(31)9-11-27(19,5)21(28)15-18-16-30(18,20)22(29)17-25/h8,18-19,21-23,31H,7,9-17H2,1-6H3,(H,32,33)/t18-,19+,21-,22-,23+,27+,28+,29-,30-/m1/s1. The van der Waals surface area contributed by atoms with E-state index in [1.807, 2.05) is 0 Å². The van der Waals surface area contributed by atoms with Gasteiger partial charge in [-0.15, -0.1) is 0 Å². The number of hydrogen-bond acceptors (Lipinski definition) is 2. The minimum atomic E-state index is -0.533. The number of carboxylic acids is 1. The van der Waals surface area contributed by atoms with Crippen molar-refractivity contribution in [1.82, 2.24) is 0 Å². The van der Waals surface area contributed by atoms with Crippen molar-refractivity contribution in [1.29, 1.82) is 0 Å². The minimum absolute atomic E-state index is 0.0147. The highest BCUT2D eigenvalue weighted by atomic mass is 16.4. The second-order valence-electron chi connectivity index (χ2n) is 15.3. The Hall–Kier alpha value is -0.830. The molecular formula is C30H46O3. The van der Waals surface area contributed by atoms with Crippen LogP contribution in [0.3, 0.4) is 0 Å². The lowest BCUT2D eigenvalue weighted by Crippen LogP contribution is -2.62. The molecule has 33 heavy (non-hydrogen) atoms. The van der Waals surface area contributed by atoms with E-state index in [1.165, 1.54) is 25.7 Å². The maximum atomic E-state index is 12.8. The maximum absolute atomic E-state index is 12.8. The highest BCUT2D eigenvalue weighted by Crippen LogP contribution is 2.83. The minimum Gasteiger partial charge on any atom is -0.481 e. The quantitative estimate of drug-likeness (QED) is 0.426. The van der Waals surface area contributed by atoms with Gasteiger partial charge in [-0.3, -0.25) is 4.79 Å². The number of fused-ring (bicyclic) bond motifs is 5. The zero-order chi connectivity index (χ0) is 23.8. The van der Waals surface area contributed by atoms with Crippen molar-refractivity contribution >= 4 is 5.97 Å². The first-order chi connectivity index (χ1) is 15.2. The molecule has 0 unspecified atom stereocenters. The Labute approximate surface area is 200 Å². The van der Waals surface area contributed by atoms with Gasteiger partial charge < -0.3 is 10.2 Å². The molecule has 0 amide bonds. The molecule has 5 saturated carbocycles. The second-order valence-corrected chi connectivity index (χ2v) is 15.3. The lowest BCUT2D eigenvalue weighted by atomic mass is 9.37. The number of aliphatic hydroxyl groups is 1. The summed E-state index contributed by atoms with van der Waals surface area (Å²) in [6.45, 7) is 14.5. The molecule has 0 saturated heterocycles. The van der Waals surface area contributed by atoms with E-state index in [2.05, 4.69) is 47.6 Å². The van der Waals surface area contributed by atoms with E-state index < -0.39 is 11.4 Å².